The van der Waals surface area contributed by atoms with Gasteiger partial charge in [0.25, 0.3) is 20.2 Å². The summed E-state index contributed by atoms with van der Waals surface area (Å²) >= 11 is 0. The van der Waals surface area contributed by atoms with Crippen molar-refractivity contribution in [1.82, 2.24) is 9.97 Å². The van der Waals surface area contributed by atoms with E-state index in [0.717, 1.165) is 5.39 Å². The molecule has 0 radical (unpaired) electrons. The maximum atomic E-state index is 11.9. The van der Waals surface area contributed by atoms with Crippen LogP contribution in [0.3, 0.4) is 0 Å². The van der Waals surface area contributed by atoms with Gasteiger partial charge in [-0.15, -0.1) is 0 Å². The zero-order valence-corrected chi connectivity index (χ0v) is 20.6. The van der Waals surface area contributed by atoms with Crippen molar-refractivity contribution in [2.75, 3.05) is 0 Å². The molecule has 3 aromatic carbocycles. The maximum absolute atomic E-state index is 11.9. The molecule has 5 rings (SSSR count). The minimum atomic E-state index is -4.46. The van der Waals surface area contributed by atoms with Crippen LogP contribution in [0.2, 0.25) is 0 Å². The van der Waals surface area contributed by atoms with Crippen molar-refractivity contribution in [2.24, 2.45) is 0 Å². The van der Waals surface area contributed by atoms with Crippen LogP contribution in [0.4, 0.5) is 0 Å². The van der Waals surface area contributed by atoms with Crippen LogP contribution in [-0.4, -0.2) is 35.9 Å². The number of aromatic nitrogens is 2. The van der Waals surface area contributed by atoms with Gasteiger partial charge in [0.1, 0.15) is 0 Å². The Labute approximate surface area is 207 Å². The quantitative estimate of drug-likeness (QED) is 0.187. The molecule has 0 amide bonds. The van der Waals surface area contributed by atoms with E-state index in [9.17, 15) is 30.5 Å². The van der Waals surface area contributed by atoms with E-state index in [1.165, 1.54) is 36.4 Å². The highest BCUT2D eigenvalue weighted by molar-refractivity contribution is 7.86. The standard InChI is InChI=1S/C24H15N2O7PS2/c27-34-21-13-17-8-7-14-9-10-20(15-3-1-5-18(11-15)35(28,29)30)25-23(14)24(17)26-22(21)16-4-2-6-19(12-16)36(31,32)33/h1-13H,(H,28,29,30)(H,31,32,33). The zero-order chi connectivity index (χ0) is 25.7. The van der Waals surface area contributed by atoms with Crippen molar-refractivity contribution in [3.63, 3.8) is 0 Å². The van der Waals surface area contributed by atoms with Gasteiger partial charge in [-0.3, -0.25) is 13.7 Å². The molecule has 0 bridgehead atoms. The molecular weight excluding hydrogens is 523 g/mol. The van der Waals surface area contributed by atoms with Crippen molar-refractivity contribution < 1.29 is 30.5 Å². The van der Waals surface area contributed by atoms with Gasteiger partial charge in [0.05, 0.1) is 37.5 Å². The number of rotatable bonds is 5. The zero-order valence-electron chi connectivity index (χ0n) is 18.1. The smallest absolute Gasteiger partial charge is 0.282 e. The molecule has 2 N–H and O–H groups in total. The van der Waals surface area contributed by atoms with E-state index in [-0.39, 0.29) is 23.9 Å². The second-order valence-corrected chi connectivity index (χ2v) is 11.4. The molecular formula is C24H15N2O7PS2. The molecule has 0 aliphatic heterocycles. The molecule has 0 aliphatic rings. The highest BCUT2D eigenvalue weighted by atomic mass is 32.2. The molecule has 0 unspecified atom stereocenters. The molecule has 0 aliphatic carbocycles. The first-order chi connectivity index (χ1) is 17.0. The van der Waals surface area contributed by atoms with E-state index < -0.39 is 20.2 Å². The highest BCUT2D eigenvalue weighted by Crippen LogP contribution is 2.30. The Morgan fingerprint density at radius 3 is 1.83 bits per heavy atom. The van der Waals surface area contributed by atoms with Crippen LogP contribution in [-0.2, 0) is 24.8 Å². The first kappa shape index (κ1) is 24.1. The predicted molar refractivity (Wildman–Crippen MR) is 135 cm³/mol. The van der Waals surface area contributed by atoms with E-state index in [0.29, 0.717) is 38.5 Å². The summed E-state index contributed by atoms with van der Waals surface area (Å²) in [5.41, 5.74) is 2.39. The minimum absolute atomic E-state index is 0.248. The van der Waals surface area contributed by atoms with Crippen molar-refractivity contribution >= 4 is 55.8 Å². The fraction of sp³-hybridized carbons (Fsp3) is 0. The average molecular weight is 538 g/mol. The average Bonchev–Trinajstić information content (AvgIpc) is 2.86. The van der Waals surface area contributed by atoms with Gasteiger partial charge >= 0.3 is 0 Å². The monoisotopic (exact) mass is 538 g/mol. The van der Waals surface area contributed by atoms with Crippen LogP contribution in [0, 0.1) is 0 Å². The number of nitrogens with zero attached hydrogens (tertiary/aromatic N) is 2. The molecule has 0 fully saturated rings. The third-order valence-corrected chi connectivity index (χ3v) is 7.79. The Balaban J connectivity index is 1.76. The first-order valence-electron chi connectivity index (χ1n) is 10.3. The van der Waals surface area contributed by atoms with Gasteiger partial charge in [-0.05, 0) is 36.4 Å². The molecule has 0 saturated carbocycles. The number of hydrogen-bond donors (Lipinski definition) is 2. The molecule has 36 heavy (non-hydrogen) atoms. The molecule has 5 aromatic rings. The summed E-state index contributed by atoms with van der Waals surface area (Å²) in [6, 6.07) is 20.0. The fourth-order valence-corrected chi connectivity index (χ4v) is 5.38. The third kappa shape index (κ3) is 4.50. The Kier molecular flexibility index (Phi) is 5.90. The summed E-state index contributed by atoms with van der Waals surface area (Å²) in [6.07, 6.45) is 0. The Hall–Kier alpha value is -3.60. The molecule has 0 saturated heterocycles. The van der Waals surface area contributed by atoms with E-state index in [4.69, 9.17) is 0 Å². The van der Waals surface area contributed by atoms with Gasteiger partial charge in [-0.2, -0.15) is 16.8 Å². The summed E-state index contributed by atoms with van der Waals surface area (Å²) in [6.45, 7) is 0. The lowest BCUT2D eigenvalue weighted by Gasteiger charge is -2.10. The second kappa shape index (κ2) is 8.81. The van der Waals surface area contributed by atoms with Crippen molar-refractivity contribution in [1.29, 1.82) is 0 Å². The predicted octanol–water partition coefficient (Wildman–Crippen LogP) is 4.53. The van der Waals surface area contributed by atoms with Crippen LogP contribution in [0.5, 0.6) is 0 Å². The van der Waals surface area contributed by atoms with Gasteiger partial charge in [0.2, 0.25) is 0 Å². The van der Waals surface area contributed by atoms with Crippen LogP contribution in [0.1, 0.15) is 0 Å². The Morgan fingerprint density at radius 2 is 1.19 bits per heavy atom. The summed E-state index contributed by atoms with van der Waals surface area (Å²) in [5, 5.41) is 1.67. The second-order valence-electron chi connectivity index (χ2n) is 7.86. The minimum Gasteiger partial charge on any atom is -0.282 e. The van der Waals surface area contributed by atoms with Crippen LogP contribution in [0.15, 0.2) is 88.7 Å². The summed E-state index contributed by atoms with van der Waals surface area (Å²) in [5.74, 6) is 0. The molecule has 2 aromatic heterocycles. The topological polar surface area (TPSA) is 152 Å². The van der Waals surface area contributed by atoms with Gasteiger partial charge in [-0.25, -0.2) is 9.97 Å². The van der Waals surface area contributed by atoms with Crippen LogP contribution < -0.4 is 5.30 Å². The molecule has 9 nitrogen and oxygen atoms in total. The lowest BCUT2D eigenvalue weighted by molar-refractivity contribution is 0.481. The maximum Gasteiger partial charge on any atom is 0.294 e. The molecule has 0 atom stereocenters. The van der Waals surface area contributed by atoms with Crippen LogP contribution >= 0.6 is 8.46 Å². The highest BCUT2D eigenvalue weighted by Gasteiger charge is 2.17. The van der Waals surface area contributed by atoms with E-state index in [2.05, 4.69) is 9.97 Å². The fourth-order valence-electron chi connectivity index (χ4n) is 3.87. The SMILES string of the molecule is O=Pc1cc2ccc3ccc(-c4cccc(S(=O)(=O)O)c4)nc3c2nc1-c1cccc(S(=O)(=O)O)c1. The Morgan fingerprint density at radius 1 is 0.639 bits per heavy atom. The van der Waals surface area contributed by atoms with E-state index >= 15 is 0 Å². The summed E-state index contributed by atoms with van der Waals surface area (Å²) in [4.78, 5) is 8.77. The van der Waals surface area contributed by atoms with Gasteiger partial charge in [0, 0.05) is 21.9 Å². The lowest BCUT2D eigenvalue weighted by atomic mass is 10.1. The van der Waals surface area contributed by atoms with E-state index in [1.807, 2.05) is 6.07 Å². The number of benzene rings is 3. The van der Waals surface area contributed by atoms with Crippen molar-refractivity contribution in [3.05, 3.63) is 78.9 Å². The normalized spacial score (nSPS) is 12.4. The number of pyridine rings is 2. The molecule has 2 heterocycles. The van der Waals surface area contributed by atoms with Gasteiger partial charge in [-0.1, -0.05) is 42.5 Å². The van der Waals surface area contributed by atoms with Crippen molar-refractivity contribution in [3.8, 4) is 22.5 Å². The number of fused-ring (bicyclic) bond motifs is 3. The van der Waals surface area contributed by atoms with Gasteiger partial charge < -0.3 is 0 Å². The van der Waals surface area contributed by atoms with Crippen molar-refractivity contribution in [2.45, 2.75) is 9.79 Å². The largest absolute Gasteiger partial charge is 0.294 e. The van der Waals surface area contributed by atoms with Crippen LogP contribution in [0.25, 0.3) is 44.3 Å². The first-order valence-corrected chi connectivity index (χ1v) is 14.0. The molecule has 12 heteroatoms. The van der Waals surface area contributed by atoms with Gasteiger partial charge in [0.15, 0.2) is 8.46 Å². The molecule has 0 spiro atoms. The third-order valence-electron chi connectivity index (χ3n) is 5.56. The summed E-state index contributed by atoms with van der Waals surface area (Å²) in [7, 11) is -9.20. The Bertz CT molecular complexity index is 1920. The summed E-state index contributed by atoms with van der Waals surface area (Å²) < 4.78 is 77.2. The lowest BCUT2D eigenvalue weighted by Crippen LogP contribution is -2.04. The van der Waals surface area contributed by atoms with E-state index in [1.54, 1.807) is 36.4 Å². The molecule has 180 valence electrons. The number of hydrogen-bond acceptors (Lipinski definition) is 7.